The van der Waals surface area contributed by atoms with Gasteiger partial charge in [0.15, 0.2) is 0 Å². The number of carbonyl (C=O) groups excluding carboxylic acids is 3. The molecule has 1 atom stereocenters. The summed E-state index contributed by atoms with van der Waals surface area (Å²) in [7, 11) is 0.157. The van der Waals surface area contributed by atoms with Crippen molar-refractivity contribution in [3.05, 3.63) is 23.8 Å². The number of unbranched alkanes of at least 4 members (excludes halogenated alkanes) is 2. The molecule has 0 unspecified atom stereocenters. The summed E-state index contributed by atoms with van der Waals surface area (Å²) in [4.78, 5) is 37.9. The van der Waals surface area contributed by atoms with Gasteiger partial charge in [-0.05, 0) is 31.2 Å². The standard InChI is InChI=1S/C20H33NO5Si/c1-15(2)17-14-26-20(24)21(17)18(22)16(19(23)25-3)12-10-8-7-9-11-13-27(4,5)6/h9,11-12,15,17H,7-8,10,13-14H2,1-6H3/b11-9+,16-12+/t17-/m1/s1. The average Bonchev–Trinajstić information content (AvgIpc) is 2.97. The SMILES string of the molecule is COC(=O)/C(=C/CCC/C=C/C[Si](C)(C)C)C(=O)N1C(=O)OC[C@@H]1C(C)C. The van der Waals surface area contributed by atoms with E-state index in [1.165, 1.54) is 7.11 Å². The summed E-state index contributed by atoms with van der Waals surface area (Å²) < 4.78 is 9.74. The molecule has 0 aliphatic carbocycles. The molecular formula is C20H33NO5Si. The molecule has 6 nitrogen and oxygen atoms in total. The predicted octanol–water partition coefficient (Wildman–Crippen LogP) is 4.15. The summed E-state index contributed by atoms with van der Waals surface area (Å²) in [5, 5.41) is 0. The third-order valence-corrected chi connectivity index (χ3v) is 5.81. The molecule has 2 amide bonds. The van der Waals surface area contributed by atoms with Crippen LogP contribution in [0.1, 0.15) is 33.1 Å². The Kier molecular flexibility index (Phi) is 8.95. The fourth-order valence-electron chi connectivity index (χ4n) is 2.69. The molecule has 0 aromatic heterocycles. The van der Waals surface area contributed by atoms with E-state index in [-0.39, 0.29) is 24.1 Å². The Labute approximate surface area is 163 Å². The second-order valence-electron chi connectivity index (χ2n) is 8.34. The average molecular weight is 396 g/mol. The molecule has 1 saturated heterocycles. The molecule has 0 radical (unpaired) electrons. The van der Waals surface area contributed by atoms with Gasteiger partial charge in [-0.15, -0.1) is 0 Å². The molecule has 152 valence electrons. The maximum Gasteiger partial charge on any atom is 0.417 e. The Morgan fingerprint density at radius 1 is 1.26 bits per heavy atom. The predicted molar refractivity (Wildman–Crippen MR) is 108 cm³/mol. The van der Waals surface area contributed by atoms with Crippen molar-refractivity contribution in [2.75, 3.05) is 13.7 Å². The summed E-state index contributed by atoms with van der Waals surface area (Å²) in [5.74, 6) is -1.33. The minimum absolute atomic E-state index is 0.0378. The third kappa shape index (κ3) is 7.32. The molecule has 1 heterocycles. The smallest absolute Gasteiger partial charge is 0.417 e. The zero-order valence-corrected chi connectivity index (χ0v) is 18.4. The molecule has 1 aliphatic rings. The van der Waals surface area contributed by atoms with E-state index in [9.17, 15) is 14.4 Å². The molecule has 0 N–H and O–H groups in total. The second-order valence-corrected chi connectivity index (χ2v) is 13.9. The van der Waals surface area contributed by atoms with E-state index in [0.717, 1.165) is 23.8 Å². The molecule has 0 bridgehead atoms. The Bertz CT molecular complexity index is 604. The fourth-order valence-corrected chi connectivity index (χ4v) is 3.57. The lowest BCUT2D eigenvalue weighted by molar-refractivity contribution is -0.139. The summed E-state index contributed by atoms with van der Waals surface area (Å²) in [6.45, 7) is 10.9. The lowest BCUT2D eigenvalue weighted by Gasteiger charge is -2.22. The van der Waals surface area contributed by atoms with Gasteiger partial charge in [0.25, 0.3) is 5.91 Å². The highest BCUT2D eigenvalue weighted by molar-refractivity contribution is 6.76. The first kappa shape index (κ1) is 23.1. The normalized spacial score (nSPS) is 18.3. The molecule has 0 aromatic carbocycles. The summed E-state index contributed by atoms with van der Waals surface area (Å²) >= 11 is 0. The van der Waals surface area contributed by atoms with Gasteiger partial charge in [0.2, 0.25) is 0 Å². The van der Waals surface area contributed by atoms with Crippen molar-refractivity contribution in [3.63, 3.8) is 0 Å². The van der Waals surface area contributed by atoms with Crippen LogP contribution >= 0.6 is 0 Å². The van der Waals surface area contributed by atoms with Crippen LogP contribution < -0.4 is 0 Å². The van der Waals surface area contributed by atoms with Crippen LogP contribution in [0.15, 0.2) is 23.8 Å². The molecule has 0 aromatic rings. The highest BCUT2D eigenvalue weighted by Gasteiger charge is 2.42. The number of amides is 2. The van der Waals surface area contributed by atoms with Crippen molar-refractivity contribution in [3.8, 4) is 0 Å². The molecule has 7 heteroatoms. The first-order valence-electron chi connectivity index (χ1n) is 9.52. The molecule has 0 spiro atoms. The number of hydrogen-bond acceptors (Lipinski definition) is 5. The number of esters is 1. The second kappa shape index (κ2) is 10.4. The van der Waals surface area contributed by atoms with Crippen molar-refractivity contribution >= 4 is 26.0 Å². The number of cyclic esters (lactones) is 1. The van der Waals surface area contributed by atoms with Crippen molar-refractivity contribution in [1.82, 2.24) is 4.90 Å². The topological polar surface area (TPSA) is 72.9 Å². The van der Waals surface area contributed by atoms with E-state index in [1.54, 1.807) is 6.08 Å². The largest absolute Gasteiger partial charge is 0.465 e. The first-order valence-corrected chi connectivity index (χ1v) is 13.2. The van der Waals surface area contributed by atoms with E-state index in [2.05, 4.69) is 31.8 Å². The van der Waals surface area contributed by atoms with Crippen molar-refractivity contribution in [1.29, 1.82) is 0 Å². The molecule has 0 saturated carbocycles. The third-order valence-electron chi connectivity index (χ3n) is 4.35. The monoisotopic (exact) mass is 395 g/mol. The summed E-state index contributed by atoms with van der Waals surface area (Å²) in [6, 6.07) is 0.769. The van der Waals surface area contributed by atoms with Crippen LogP contribution in [0, 0.1) is 5.92 Å². The Morgan fingerprint density at radius 3 is 2.48 bits per heavy atom. The van der Waals surface area contributed by atoms with Crippen LogP contribution in [0.4, 0.5) is 4.79 Å². The number of carbonyl (C=O) groups is 3. The van der Waals surface area contributed by atoms with Crippen LogP contribution in [0.5, 0.6) is 0 Å². The van der Waals surface area contributed by atoms with Gasteiger partial charge in [-0.3, -0.25) is 4.79 Å². The van der Waals surface area contributed by atoms with E-state index in [0.29, 0.717) is 6.42 Å². The molecule has 1 rings (SSSR count). The Morgan fingerprint density at radius 2 is 1.93 bits per heavy atom. The van der Waals surface area contributed by atoms with Gasteiger partial charge in [0.05, 0.1) is 13.2 Å². The van der Waals surface area contributed by atoms with Crippen LogP contribution in [-0.2, 0) is 19.1 Å². The van der Waals surface area contributed by atoms with Crippen molar-refractivity contribution in [2.24, 2.45) is 5.92 Å². The minimum Gasteiger partial charge on any atom is -0.465 e. The van der Waals surface area contributed by atoms with Gasteiger partial charge in [-0.2, -0.15) is 0 Å². The maximum absolute atomic E-state index is 12.8. The maximum atomic E-state index is 12.8. The van der Waals surface area contributed by atoms with Crippen LogP contribution in [0.3, 0.4) is 0 Å². The van der Waals surface area contributed by atoms with Crippen molar-refractivity contribution < 1.29 is 23.9 Å². The highest BCUT2D eigenvalue weighted by atomic mass is 28.3. The van der Waals surface area contributed by atoms with Crippen LogP contribution in [-0.4, -0.2) is 50.7 Å². The van der Waals surface area contributed by atoms with E-state index in [4.69, 9.17) is 9.47 Å². The number of allylic oxidation sites excluding steroid dienone is 3. The van der Waals surface area contributed by atoms with Gasteiger partial charge in [0.1, 0.15) is 12.2 Å². The van der Waals surface area contributed by atoms with Crippen LogP contribution in [0.25, 0.3) is 0 Å². The highest BCUT2D eigenvalue weighted by Crippen LogP contribution is 2.22. The number of rotatable bonds is 9. The fraction of sp³-hybridized carbons (Fsp3) is 0.650. The number of imide groups is 1. The number of ether oxygens (including phenoxy) is 2. The quantitative estimate of drug-likeness (QED) is 0.111. The lowest BCUT2D eigenvalue weighted by Crippen LogP contribution is -2.43. The van der Waals surface area contributed by atoms with E-state index >= 15 is 0 Å². The van der Waals surface area contributed by atoms with Gasteiger partial charge in [0, 0.05) is 8.07 Å². The van der Waals surface area contributed by atoms with Crippen molar-refractivity contribution in [2.45, 2.75) is 64.8 Å². The first-order chi connectivity index (χ1) is 12.6. The van der Waals surface area contributed by atoms with Gasteiger partial charge >= 0.3 is 12.1 Å². The number of nitrogens with zero attached hydrogens (tertiary/aromatic N) is 1. The van der Waals surface area contributed by atoms with Gasteiger partial charge in [-0.1, -0.05) is 51.7 Å². The Balaban J connectivity index is 2.75. The zero-order chi connectivity index (χ0) is 20.6. The van der Waals surface area contributed by atoms with E-state index in [1.807, 2.05) is 13.8 Å². The number of methoxy groups -OCH3 is 1. The zero-order valence-electron chi connectivity index (χ0n) is 17.4. The summed E-state index contributed by atoms with van der Waals surface area (Å²) in [6.07, 6.45) is 7.49. The summed E-state index contributed by atoms with van der Waals surface area (Å²) in [5.41, 5.74) is -0.104. The molecule has 1 fully saturated rings. The van der Waals surface area contributed by atoms with Crippen LogP contribution in [0.2, 0.25) is 25.7 Å². The molecular weight excluding hydrogens is 362 g/mol. The van der Waals surface area contributed by atoms with Gasteiger partial charge < -0.3 is 9.47 Å². The molecule has 27 heavy (non-hydrogen) atoms. The minimum atomic E-state index is -1.07. The molecule has 1 aliphatic heterocycles. The number of hydrogen-bond donors (Lipinski definition) is 0. The Hall–Kier alpha value is -1.89. The lowest BCUT2D eigenvalue weighted by atomic mass is 10.0. The van der Waals surface area contributed by atoms with E-state index < -0.39 is 26.0 Å². The van der Waals surface area contributed by atoms with Gasteiger partial charge in [-0.25, -0.2) is 14.5 Å².